The van der Waals surface area contributed by atoms with Crippen molar-refractivity contribution >= 4 is 23.8 Å². The van der Waals surface area contributed by atoms with Crippen LogP contribution in [0.15, 0.2) is 54.6 Å². The van der Waals surface area contributed by atoms with E-state index in [4.69, 9.17) is 9.84 Å². The van der Waals surface area contributed by atoms with Gasteiger partial charge in [-0.25, -0.2) is 9.59 Å². The number of carbonyl (C=O) groups excluding carboxylic acids is 2. The second-order valence-corrected chi connectivity index (χ2v) is 8.26. The minimum atomic E-state index is -1.28. The summed E-state index contributed by atoms with van der Waals surface area (Å²) in [6, 6.07) is 13.9. The lowest BCUT2D eigenvalue weighted by Gasteiger charge is -2.36. The number of nitrogens with zero attached hydrogens (tertiary/aromatic N) is 1. The highest BCUT2D eigenvalue weighted by Gasteiger charge is 2.37. The van der Waals surface area contributed by atoms with Gasteiger partial charge in [-0.2, -0.15) is 0 Å². The van der Waals surface area contributed by atoms with Crippen molar-refractivity contribution in [2.24, 2.45) is 0 Å². The molecule has 0 spiro atoms. The molecule has 0 aromatic heterocycles. The van der Waals surface area contributed by atoms with Crippen molar-refractivity contribution in [3.05, 3.63) is 71.3 Å². The molecule has 9 nitrogen and oxygen atoms in total. The van der Waals surface area contributed by atoms with E-state index in [9.17, 15) is 24.3 Å². The highest BCUT2D eigenvalue weighted by atomic mass is 16.6. The van der Waals surface area contributed by atoms with Gasteiger partial charge in [-0.3, -0.25) is 14.9 Å². The molecule has 0 radical (unpaired) electrons. The van der Waals surface area contributed by atoms with Gasteiger partial charge in [-0.15, -0.1) is 0 Å². The molecule has 34 heavy (non-hydrogen) atoms. The highest BCUT2D eigenvalue weighted by molar-refractivity contribution is 5.88. The largest absolute Gasteiger partial charge is 0.480 e. The normalized spacial score (nSPS) is 16.7. The Morgan fingerprint density at radius 3 is 2.32 bits per heavy atom. The maximum absolute atomic E-state index is 13.3. The zero-order chi connectivity index (χ0) is 24.7. The number of amides is 1. The van der Waals surface area contributed by atoms with Crippen LogP contribution < -0.4 is 5.32 Å². The summed E-state index contributed by atoms with van der Waals surface area (Å²) in [7, 11) is 0. The molecule has 1 heterocycles. The Bertz CT molecular complexity index is 1040. The van der Waals surface area contributed by atoms with Crippen LogP contribution in [-0.4, -0.2) is 63.7 Å². The van der Waals surface area contributed by atoms with E-state index in [1.165, 1.54) is 4.90 Å². The van der Waals surface area contributed by atoms with E-state index in [2.05, 4.69) is 5.32 Å². The number of aliphatic carboxylic acids is 2. The first-order chi connectivity index (χ1) is 16.3. The van der Waals surface area contributed by atoms with Gasteiger partial charge in [0.1, 0.15) is 12.1 Å². The molecule has 180 valence electrons. The molecule has 0 saturated carbocycles. The van der Waals surface area contributed by atoms with Crippen molar-refractivity contribution < 1.29 is 34.1 Å². The summed E-state index contributed by atoms with van der Waals surface area (Å²) >= 11 is 0. The third-order valence-electron chi connectivity index (χ3n) is 5.83. The molecule has 1 aliphatic heterocycles. The number of esters is 1. The van der Waals surface area contributed by atoms with Crippen molar-refractivity contribution in [1.29, 1.82) is 0 Å². The van der Waals surface area contributed by atoms with E-state index < -0.39 is 48.5 Å². The maximum Gasteiger partial charge on any atom is 0.341 e. The number of benzene rings is 2. The van der Waals surface area contributed by atoms with Gasteiger partial charge in [0.15, 0.2) is 6.61 Å². The second-order valence-electron chi connectivity index (χ2n) is 8.26. The van der Waals surface area contributed by atoms with Crippen molar-refractivity contribution in [3.8, 4) is 0 Å². The van der Waals surface area contributed by atoms with Crippen LogP contribution in [0.2, 0.25) is 0 Å². The number of carbonyl (C=O) groups is 4. The molecule has 9 heteroatoms. The smallest absolute Gasteiger partial charge is 0.341 e. The SMILES string of the molecule is C[C@H](N[C@@H](CCc1ccccc1)C(=O)OCC(=O)O)C(=O)N1Cc2ccccc2C[C@H]1C(=O)O. The summed E-state index contributed by atoms with van der Waals surface area (Å²) in [6.07, 6.45) is 0.962. The molecule has 0 unspecified atom stereocenters. The van der Waals surface area contributed by atoms with Crippen LogP contribution in [0.5, 0.6) is 0 Å². The molecular weight excluding hydrogens is 440 g/mol. The number of carboxylic acids is 2. The number of hydrogen-bond acceptors (Lipinski definition) is 6. The molecular formula is C25H28N2O7. The number of fused-ring (bicyclic) bond motifs is 1. The lowest BCUT2D eigenvalue weighted by atomic mass is 9.93. The van der Waals surface area contributed by atoms with Crippen molar-refractivity contribution in [3.63, 3.8) is 0 Å². The summed E-state index contributed by atoms with van der Waals surface area (Å²) in [5.41, 5.74) is 2.73. The monoisotopic (exact) mass is 468 g/mol. The fourth-order valence-corrected chi connectivity index (χ4v) is 4.06. The van der Waals surface area contributed by atoms with Crippen molar-refractivity contribution in [1.82, 2.24) is 10.2 Å². The first-order valence-electron chi connectivity index (χ1n) is 11.0. The Hall–Kier alpha value is -3.72. The lowest BCUT2D eigenvalue weighted by molar-refractivity contribution is -0.157. The highest BCUT2D eigenvalue weighted by Crippen LogP contribution is 2.24. The molecule has 3 atom stereocenters. The van der Waals surface area contributed by atoms with Crippen LogP contribution in [0.25, 0.3) is 0 Å². The molecule has 2 aromatic carbocycles. The Labute approximate surface area is 197 Å². The van der Waals surface area contributed by atoms with Crippen LogP contribution in [0.1, 0.15) is 30.0 Å². The quantitative estimate of drug-likeness (QED) is 0.448. The van der Waals surface area contributed by atoms with Gasteiger partial charge >= 0.3 is 17.9 Å². The minimum Gasteiger partial charge on any atom is -0.480 e. The van der Waals surface area contributed by atoms with Crippen LogP contribution >= 0.6 is 0 Å². The number of nitrogens with one attached hydrogen (secondary N) is 1. The predicted molar refractivity (Wildman–Crippen MR) is 122 cm³/mol. The third kappa shape index (κ3) is 6.41. The number of ether oxygens (including phenoxy) is 1. The van der Waals surface area contributed by atoms with E-state index in [1.54, 1.807) is 6.92 Å². The van der Waals surface area contributed by atoms with Crippen molar-refractivity contribution in [2.75, 3.05) is 6.61 Å². The molecule has 3 N–H and O–H groups in total. The Kier molecular flexibility index (Phi) is 8.37. The average molecular weight is 469 g/mol. The Balaban J connectivity index is 1.73. The van der Waals surface area contributed by atoms with E-state index in [-0.39, 0.29) is 19.4 Å². The zero-order valence-corrected chi connectivity index (χ0v) is 18.8. The van der Waals surface area contributed by atoms with Gasteiger partial charge in [0, 0.05) is 13.0 Å². The lowest BCUT2D eigenvalue weighted by Crippen LogP contribution is -2.56. The van der Waals surface area contributed by atoms with E-state index in [0.717, 1.165) is 16.7 Å². The summed E-state index contributed by atoms with van der Waals surface area (Å²) in [6.45, 7) is 0.923. The Morgan fingerprint density at radius 1 is 1.03 bits per heavy atom. The molecule has 0 aliphatic carbocycles. The van der Waals surface area contributed by atoms with E-state index in [1.807, 2.05) is 54.6 Å². The van der Waals surface area contributed by atoms with Gasteiger partial charge < -0.3 is 19.8 Å². The molecule has 0 saturated heterocycles. The van der Waals surface area contributed by atoms with Gasteiger partial charge in [0.25, 0.3) is 0 Å². The fourth-order valence-electron chi connectivity index (χ4n) is 4.06. The predicted octanol–water partition coefficient (Wildman–Crippen LogP) is 1.63. The van der Waals surface area contributed by atoms with E-state index in [0.29, 0.717) is 6.42 Å². The van der Waals surface area contributed by atoms with Gasteiger partial charge in [0.2, 0.25) is 5.91 Å². The topological polar surface area (TPSA) is 133 Å². The molecule has 2 aromatic rings. The van der Waals surface area contributed by atoms with Gasteiger partial charge in [-0.05, 0) is 36.5 Å². The number of aryl methyl sites for hydroxylation is 1. The van der Waals surface area contributed by atoms with Crippen molar-refractivity contribution in [2.45, 2.75) is 50.9 Å². The third-order valence-corrected chi connectivity index (χ3v) is 5.83. The van der Waals surface area contributed by atoms with Crippen LogP contribution in [-0.2, 0) is 43.3 Å². The van der Waals surface area contributed by atoms with Gasteiger partial charge in [0.05, 0.1) is 6.04 Å². The zero-order valence-electron chi connectivity index (χ0n) is 18.8. The molecule has 0 bridgehead atoms. The average Bonchev–Trinajstić information content (AvgIpc) is 2.84. The summed E-state index contributed by atoms with van der Waals surface area (Å²) in [4.78, 5) is 49.9. The maximum atomic E-state index is 13.3. The summed E-state index contributed by atoms with van der Waals surface area (Å²) in [5, 5.41) is 21.5. The molecule has 1 amide bonds. The first-order valence-corrected chi connectivity index (χ1v) is 11.0. The summed E-state index contributed by atoms with van der Waals surface area (Å²) in [5.74, 6) is -3.62. The first kappa shape index (κ1) is 24.9. The van der Waals surface area contributed by atoms with E-state index >= 15 is 0 Å². The van der Waals surface area contributed by atoms with Gasteiger partial charge in [-0.1, -0.05) is 54.6 Å². The number of hydrogen-bond donors (Lipinski definition) is 3. The number of carboxylic acid groups (broad SMARTS) is 2. The fraction of sp³-hybridized carbons (Fsp3) is 0.360. The Morgan fingerprint density at radius 2 is 1.68 bits per heavy atom. The number of rotatable bonds is 10. The molecule has 0 fully saturated rings. The standard InChI is InChI=1S/C25H28N2O7/c1-16(23(30)27-14-19-10-6-5-9-18(19)13-21(27)24(31)32)26-20(25(33)34-15-22(28)29)12-11-17-7-3-2-4-8-17/h2-10,16,20-21,26H,11-15H2,1H3,(H,28,29)(H,31,32)/t16-,20-,21-/m0/s1. The van der Waals surface area contributed by atoms with Crippen LogP contribution in [0.3, 0.4) is 0 Å². The summed E-state index contributed by atoms with van der Waals surface area (Å²) < 4.78 is 4.87. The van der Waals surface area contributed by atoms with Crippen LogP contribution in [0, 0.1) is 0 Å². The second kappa shape index (κ2) is 11.4. The van der Waals surface area contributed by atoms with Crippen LogP contribution in [0.4, 0.5) is 0 Å². The molecule has 1 aliphatic rings. The minimum absolute atomic E-state index is 0.149. The molecule has 3 rings (SSSR count).